The number of hydrogen-bond donors (Lipinski definition) is 3. The molecule has 0 radical (unpaired) electrons. The predicted molar refractivity (Wildman–Crippen MR) is 30.8 cm³/mol. The quantitative estimate of drug-likeness (QED) is 0.332. The Bertz CT molecular complexity index is 75.7. The van der Waals surface area contributed by atoms with E-state index in [1.54, 1.807) is 0 Å². The van der Waals surface area contributed by atoms with Gasteiger partial charge in [0.05, 0.1) is 6.04 Å². The number of carbonyl (C=O) groups is 1. The molecule has 0 heterocycles. The van der Waals surface area contributed by atoms with E-state index in [4.69, 9.17) is 10.9 Å². The second-order valence-corrected chi connectivity index (χ2v) is 1.26. The van der Waals surface area contributed by atoms with Crippen molar-refractivity contribution in [2.45, 2.75) is 13.0 Å². The molecule has 4 nitrogen and oxygen atoms in total. The third-order valence-electron chi connectivity index (χ3n) is 0.524. The predicted octanol–water partition coefficient (Wildman–Crippen LogP) is -0.739. The molecule has 8 heavy (non-hydrogen) atoms. The molecule has 0 aliphatic rings. The Balaban J connectivity index is 0. The van der Waals surface area contributed by atoms with Crippen molar-refractivity contribution in [2.24, 2.45) is 5.73 Å². The van der Waals surface area contributed by atoms with Crippen molar-refractivity contribution in [2.75, 3.05) is 0 Å². The molecule has 0 aromatic carbocycles. The first-order valence-electron chi connectivity index (χ1n) is 1.88. The van der Waals surface area contributed by atoms with Crippen molar-refractivity contribution in [1.82, 2.24) is 5.48 Å². The van der Waals surface area contributed by atoms with Crippen LogP contribution in [-0.4, -0.2) is 17.2 Å². The highest BCUT2D eigenvalue weighted by molar-refractivity contribution is 5.85. The molecular formula is C3H9ClN2O2. The van der Waals surface area contributed by atoms with E-state index in [9.17, 15) is 4.79 Å². The number of nitrogens with one attached hydrogen (secondary N) is 1. The van der Waals surface area contributed by atoms with Crippen molar-refractivity contribution in [1.29, 1.82) is 0 Å². The van der Waals surface area contributed by atoms with Crippen molar-refractivity contribution in [3.8, 4) is 0 Å². The number of nitrogens with two attached hydrogens (primary N) is 1. The summed E-state index contributed by atoms with van der Waals surface area (Å²) in [5.74, 6) is -0.569. The van der Waals surface area contributed by atoms with Crippen LogP contribution in [0, 0.1) is 0 Å². The molecule has 5 heteroatoms. The molecule has 50 valence electrons. The Kier molecular flexibility index (Phi) is 6.41. The molecule has 4 N–H and O–H groups in total. The second kappa shape index (κ2) is 4.83. The normalized spacial score (nSPS) is 11.4. The first-order valence-corrected chi connectivity index (χ1v) is 1.88. The van der Waals surface area contributed by atoms with Crippen molar-refractivity contribution >= 4 is 18.3 Å². The molecule has 0 rings (SSSR count). The lowest BCUT2D eigenvalue weighted by atomic mass is 10.4. The Labute approximate surface area is 53.4 Å². The maximum atomic E-state index is 10.0. The summed E-state index contributed by atoms with van der Waals surface area (Å²) in [5.41, 5.74) is 6.37. The van der Waals surface area contributed by atoms with E-state index >= 15 is 0 Å². The van der Waals surface area contributed by atoms with Gasteiger partial charge in [-0.1, -0.05) is 0 Å². The SMILES string of the molecule is C[C@@H](N)C(=O)NO.Cl. The summed E-state index contributed by atoms with van der Waals surface area (Å²) in [7, 11) is 0. The highest BCUT2D eigenvalue weighted by Gasteiger charge is 2.02. The van der Waals surface area contributed by atoms with Gasteiger partial charge in [-0.05, 0) is 6.92 Å². The molecule has 0 unspecified atom stereocenters. The van der Waals surface area contributed by atoms with Crippen molar-refractivity contribution < 1.29 is 10.0 Å². The average Bonchev–Trinajstić information content (AvgIpc) is 1.65. The minimum absolute atomic E-state index is 0. The number of hydroxylamine groups is 1. The fourth-order valence-corrected chi connectivity index (χ4v) is 0.102. The zero-order valence-corrected chi connectivity index (χ0v) is 5.23. The van der Waals surface area contributed by atoms with Crippen LogP contribution in [0.5, 0.6) is 0 Å². The minimum atomic E-state index is -0.634. The summed E-state index contributed by atoms with van der Waals surface area (Å²) in [4.78, 5) is 10.0. The Hall–Kier alpha value is -0.320. The summed E-state index contributed by atoms with van der Waals surface area (Å²) < 4.78 is 0. The third-order valence-corrected chi connectivity index (χ3v) is 0.524. The van der Waals surface area contributed by atoms with E-state index in [0.717, 1.165) is 0 Å². The molecular weight excluding hydrogens is 131 g/mol. The van der Waals surface area contributed by atoms with Gasteiger partial charge in [-0.15, -0.1) is 12.4 Å². The van der Waals surface area contributed by atoms with Crippen LogP contribution in [0.1, 0.15) is 6.92 Å². The van der Waals surface area contributed by atoms with Crippen LogP contribution >= 0.6 is 12.4 Å². The van der Waals surface area contributed by atoms with E-state index < -0.39 is 11.9 Å². The number of rotatable bonds is 1. The van der Waals surface area contributed by atoms with Crippen molar-refractivity contribution in [3.63, 3.8) is 0 Å². The van der Waals surface area contributed by atoms with Crippen LogP contribution in [0.3, 0.4) is 0 Å². The standard InChI is InChI=1S/C3H8N2O2.ClH/c1-2(4)3(6)5-7;/h2,7H,4H2,1H3,(H,5,6);1H/t2-;/m1./s1. The van der Waals surface area contributed by atoms with Gasteiger partial charge in [0.1, 0.15) is 0 Å². The Morgan fingerprint density at radius 3 is 2.25 bits per heavy atom. The molecule has 1 amide bonds. The summed E-state index contributed by atoms with van der Waals surface area (Å²) in [6.07, 6.45) is 0. The minimum Gasteiger partial charge on any atom is -0.320 e. The fourth-order valence-electron chi connectivity index (χ4n) is 0.102. The summed E-state index contributed by atoms with van der Waals surface area (Å²) in [6, 6.07) is -0.634. The molecule has 0 aromatic heterocycles. The molecule has 0 aliphatic heterocycles. The largest absolute Gasteiger partial charge is 0.320 e. The van der Waals surface area contributed by atoms with E-state index in [0.29, 0.717) is 0 Å². The first kappa shape index (κ1) is 10.6. The van der Waals surface area contributed by atoms with E-state index in [-0.39, 0.29) is 12.4 Å². The topological polar surface area (TPSA) is 75.4 Å². The fraction of sp³-hybridized carbons (Fsp3) is 0.667. The third kappa shape index (κ3) is 3.86. The lowest BCUT2D eigenvalue weighted by Gasteiger charge is -1.97. The summed E-state index contributed by atoms with van der Waals surface area (Å²) in [6.45, 7) is 1.48. The van der Waals surface area contributed by atoms with E-state index in [2.05, 4.69) is 0 Å². The Morgan fingerprint density at radius 1 is 1.88 bits per heavy atom. The van der Waals surface area contributed by atoms with Gasteiger partial charge in [-0.3, -0.25) is 10.0 Å². The Morgan fingerprint density at radius 2 is 2.25 bits per heavy atom. The van der Waals surface area contributed by atoms with Gasteiger partial charge >= 0.3 is 0 Å². The maximum Gasteiger partial charge on any atom is 0.259 e. The number of hydrogen-bond acceptors (Lipinski definition) is 3. The molecule has 1 atom stereocenters. The lowest BCUT2D eigenvalue weighted by Crippen LogP contribution is -2.36. The molecule has 0 bridgehead atoms. The van der Waals surface area contributed by atoms with Gasteiger partial charge in [-0.2, -0.15) is 0 Å². The first-order chi connectivity index (χ1) is 3.18. The monoisotopic (exact) mass is 140 g/mol. The van der Waals surface area contributed by atoms with Crippen LogP contribution in [0.2, 0.25) is 0 Å². The molecule has 0 saturated carbocycles. The molecule has 0 fully saturated rings. The second-order valence-electron chi connectivity index (χ2n) is 1.26. The zero-order chi connectivity index (χ0) is 5.86. The van der Waals surface area contributed by atoms with Crippen LogP contribution in [0.4, 0.5) is 0 Å². The zero-order valence-electron chi connectivity index (χ0n) is 4.42. The highest BCUT2D eigenvalue weighted by atomic mass is 35.5. The van der Waals surface area contributed by atoms with Crippen LogP contribution < -0.4 is 11.2 Å². The average molecular weight is 141 g/mol. The van der Waals surface area contributed by atoms with Gasteiger partial charge in [0.2, 0.25) is 0 Å². The molecule has 0 saturated heterocycles. The van der Waals surface area contributed by atoms with Gasteiger partial charge in [0, 0.05) is 0 Å². The summed E-state index contributed by atoms with van der Waals surface area (Å²) >= 11 is 0. The van der Waals surface area contributed by atoms with Crippen LogP contribution in [0.25, 0.3) is 0 Å². The number of carbonyl (C=O) groups excluding carboxylic acids is 1. The smallest absolute Gasteiger partial charge is 0.259 e. The lowest BCUT2D eigenvalue weighted by molar-refractivity contribution is -0.130. The van der Waals surface area contributed by atoms with Crippen LogP contribution in [-0.2, 0) is 4.79 Å². The van der Waals surface area contributed by atoms with Crippen molar-refractivity contribution in [3.05, 3.63) is 0 Å². The molecule has 0 spiro atoms. The summed E-state index contributed by atoms with van der Waals surface area (Å²) in [5, 5.41) is 7.83. The van der Waals surface area contributed by atoms with Gasteiger partial charge in [0.25, 0.3) is 5.91 Å². The number of amides is 1. The van der Waals surface area contributed by atoms with Gasteiger partial charge in [0.15, 0.2) is 0 Å². The van der Waals surface area contributed by atoms with Gasteiger partial charge in [-0.25, -0.2) is 5.48 Å². The molecule has 0 aliphatic carbocycles. The highest BCUT2D eigenvalue weighted by Crippen LogP contribution is 1.68. The number of halogens is 1. The van der Waals surface area contributed by atoms with Crippen LogP contribution in [0.15, 0.2) is 0 Å². The molecule has 0 aromatic rings. The van der Waals surface area contributed by atoms with E-state index in [1.807, 2.05) is 0 Å². The van der Waals surface area contributed by atoms with Gasteiger partial charge < -0.3 is 5.73 Å². The van der Waals surface area contributed by atoms with E-state index in [1.165, 1.54) is 12.4 Å². The maximum absolute atomic E-state index is 10.0.